The maximum Gasteiger partial charge on any atom is 0.220 e. The first-order chi connectivity index (χ1) is 7.91. The van der Waals surface area contributed by atoms with Gasteiger partial charge in [-0.05, 0) is 27.2 Å². The molecule has 96 valence electrons. The number of rotatable bonds is 5. The van der Waals surface area contributed by atoms with Crippen LogP contribution in [-0.2, 0) is 11.8 Å². The number of amides is 1. The van der Waals surface area contributed by atoms with Crippen molar-refractivity contribution in [1.29, 1.82) is 0 Å². The van der Waals surface area contributed by atoms with Crippen LogP contribution in [0.3, 0.4) is 0 Å². The van der Waals surface area contributed by atoms with Gasteiger partial charge in [0.25, 0.3) is 0 Å². The molecule has 1 aromatic rings. The van der Waals surface area contributed by atoms with E-state index in [4.69, 9.17) is 5.11 Å². The topological polar surface area (TPSA) is 67.2 Å². The van der Waals surface area contributed by atoms with Crippen molar-refractivity contribution in [3.63, 3.8) is 0 Å². The molecule has 0 saturated carbocycles. The number of aliphatic hydroxyl groups is 1. The number of aromatic nitrogens is 2. The Hall–Kier alpha value is -1.36. The van der Waals surface area contributed by atoms with Gasteiger partial charge in [-0.25, -0.2) is 0 Å². The zero-order chi connectivity index (χ0) is 13.0. The van der Waals surface area contributed by atoms with Gasteiger partial charge in [-0.1, -0.05) is 0 Å². The summed E-state index contributed by atoms with van der Waals surface area (Å²) in [6.07, 6.45) is 2.18. The van der Waals surface area contributed by atoms with E-state index in [1.165, 1.54) is 0 Å². The summed E-state index contributed by atoms with van der Waals surface area (Å²) in [5, 5.41) is 16.2. The Balaban J connectivity index is 2.52. The highest BCUT2D eigenvalue weighted by atomic mass is 16.3. The highest BCUT2D eigenvalue weighted by molar-refractivity contribution is 5.76. The van der Waals surface area contributed by atoms with Gasteiger partial charge in [0.15, 0.2) is 0 Å². The molecule has 1 amide bonds. The van der Waals surface area contributed by atoms with Crippen LogP contribution in [0.25, 0.3) is 0 Å². The number of nitrogens with one attached hydrogen (secondary N) is 1. The van der Waals surface area contributed by atoms with Gasteiger partial charge in [0.2, 0.25) is 5.91 Å². The third-order valence-electron chi connectivity index (χ3n) is 2.91. The highest BCUT2D eigenvalue weighted by Gasteiger charge is 2.14. The Morgan fingerprint density at radius 2 is 2.24 bits per heavy atom. The van der Waals surface area contributed by atoms with E-state index in [1.54, 1.807) is 17.8 Å². The van der Waals surface area contributed by atoms with Crippen molar-refractivity contribution in [3.8, 4) is 0 Å². The van der Waals surface area contributed by atoms with Gasteiger partial charge in [0.05, 0.1) is 18.3 Å². The minimum Gasteiger partial charge on any atom is -0.393 e. The van der Waals surface area contributed by atoms with Gasteiger partial charge in [-0.3, -0.25) is 9.48 Å². The molecule has 1 rings (SSSR count). The van der Waals surface area contributed by atoms with E-state index in [0.29, 0.717) is 12.8 Å². The van der Waals surface area contributed by atoms with Gasteiger partial charge in [0.1, 0.15) is 0 Å². The molecule has 2 atom stereocenters. The van der Waals surface area contributed by atoms with Crippen molar-refractivity contribution in [3.05, 3.63) is 17.5 Å². The van der Waals surface area contributed by atoms with Crippen LogP contribution < -0.4 is 5.32 Å². The van der Waals surface area contributed by atoms with Gasteiger partial charge in [-0.2, -0.15) is 5.10 Å². The fourth-order valence-corrected chi connectivity index (χ4v) is 1.67. The average molecular weight is 239 g/mol. The first kappa shape index (κ1) is 13.7. The Kier molecular flexibility index (Phi) is 4.69. The number of nitrogens with zero attached hydrogens (tertiary/aromatic N) is 2. The molecule has 2 unspecified atom stereocenters. The van der Waals surface area contributed by atoms with Crippen molar-refractivity contribution >= 4 is 5.91 Å². The van der Waals surface area contributed by atoms with Crippen LogP contribution in [0.2, 0.25) is 0 Å². The van der Waals surface area contributed by atoms with Crippen LogP contribution in [0.1, 0.15) is 44.0 Å². The van der Waals surface area contributed by atoms with Gasteiger partial charge in [0, 0.05) is 24.7 Å². The van der Waals surface area contributed by atoms with E-state index >= 15 is 0 Å². The standard InChI is InChI=1S/C12H21N3O2/c1-8(16)5-6-12(17)14-9(2)11-7-13-15(4)10(11)3/h7-9,16H,5-6H2,1-4H3,(H,14,17). The van der Waals surface area contributed by atoms with Crippen LogP contribution in [0.4, 0.5) is 0 Å². The third-order valence-corrected chi connectivity index (χ3v) is 2.91. The molecule has 1 aromatic heterocycles. The molecule has 0 aliphatic heterocycles. The van der Waals surface area contributed by atoms with Crippen LogP contribution in [0.5, 0.6) is 0 Å². The van der Waals surface area contributed by atoms with E-state index < -0.39 is 6.10 Å². The fourth-order valence-electron chi connectivity index (χ4n) is 1.67. The van der Waals surface area contributed by atoms with E-state index in [1.807, 2.05) is 20.9 Å². The zero-order valence-electron chi connectivity index (χ0n) is 10.9. The van der Waals surface area contributed by atoms with Crippen molar-refractivity contribution in [2.75, 3.05) is 0 Å². The van der Waals surface area contributed by atoms with E-state index in [9.17, 15) is 4.79 Å². The number of aryl methyl sites for hydroxylation is 1. The number of hydrogen-bond donors (Lipinski definition) is 2. The van der Waals surface area contributed by atoms with E-state index in [2.05, 4.69) is 10.4 Å². The summed E-state index contributed by atoms with van der Waals surface area (Å²) >= 11 is 0. The molecule has 2 N–H and O–H groups in total. The van der Waals surface area contributed by atoms with Crippen molar-refractivity contribution in [2.45, 2.75) is 45.8 Å². The van der Waals surface area contributed by atoms with Crippen LogP contribution in [0.15, 0.2) is 6.20 Å². The molecule has 17 heavy (non-hydrogen) atoms. The monoisotopic (exact) mass is 239 g/mol. The molecule has 0 aliphatic rings. The number of carbonyl (C=O) groups excluding carboxylic acids is 1. The fraction of sp³-hybridized carbons (Fsp3) is 0.667. The summed E-state index contributed by atoms with van der Waals surface area (Å²) in [6.45, 7) is 5.59. The predicted molar refractivity (Wildman–Crippen MR) is 65.4 cm³/mol. The first-order valence-electron chi connectivity index (χ1n) is 5.87. The molecule has 0 fully saturated rings. The SMILES string of the molecule is Cc1c(C(C)NC(=O)CCC(C)O)cnn1C. The molecule has 5 heteroatoms. The van der Waals surface area contributed by atoms with E-state index in [-0.39, 0.29) is 11.9 Å². The number of hydrogen-bond acceptors (Lipinski definition) is 3. The van der Waals surface area contributed by atoms with Crippen molar-refractivity contribution in [1.82, 2.24) is 15.1 Å². The van der Waals surface area contributed by atoms with Gasteiger partial charge >= 0.3 is 0 Å². The molecule has 0 bridgehead atoms. The molecule has 0 aromatic carbocycles. The third kappa shape index (κ3) is 3.85. The lowest BCUT2D eigenvalue weighted by molar-refractivity contribution is -0.122. The summed E-state index contributed by atoms with van der Waals surface area (Å²) in [5.74, 6) is -0.0401. The Labute approximate surface area is 102 Å². The Morgan fingerprint density at radius 3 is 2.71 bits per heavy atom. The lowest BCUT2D eigenvalue weighted by Crippen LogP contribution is -2.27. The highest BCUT2D eigenvalue weighted by Crippen LogP contribution is 2.16. The second-order valence-electron chi connectivity index (χ2n) is 4.49. The smallest absolute Gasteiger partial charge is 0.220 e. The summed E-state index contributed by atoms with van der Waals surface area (Å²) < 4.78 is 1.79. The Bertz CT molecular complexity index is 385. The van der Waals surface area contributed by atoms with Crippen molar-refractivity contribution in [2.24, 2.45) is 7.05 Å². The first-order valence-corrected chi connectivity index (χ1v) is 5.87. The Morgan fingerprint density at radius 1 is 1.59 bits per heavy atom. The summed E-state index contributed by atoms with van der Waals surface area (Å²) in [6, 6.07) is -0.0507. The second-order valence-corrected chi connectivity index (χ2v) is 4.49. The molecular weight excluding hydrogens is 218 g/mol. The molecule has 5 nitrogen and oxygen atoms in total. The largest absolute Gasteiger partial charge is 0.393 e. The molecule has 0 saturated heterocycles. The van der Waals surface area contributed by atoms with Gasteiger partial charge in [-0.15, -0.1) is 0 Å². The van der Waals surface area contributed by atoms with Crippen LogP contribution in [0, 0.1) is 6.92 Å². The number of carbonyl (C=O) groups is 1. The quantitative estimate of drug-likeness (QED) is 0.807. The minimum atomic E-state index is -0.434. The zero-order valence-corrected chi connectivity index (χ0v) is 10.9. The minimum absolute atomic E-state index is 0.0401. The average Bonchev–Trinajstić information content (AvgIpc) is 2.57. The molecule has 0 aliphatic carbocycles. The van der Waals surface area contributed by atoms with Gasteiger partial charge < -0.3 is 10.4 Å². The van der Waals surface area contributed by atoms with Crippen LogP contribution >= 0.6 is 0 Å². The molecule has 1 heterocycles. The maximum atomic E-state index is 11.6. The van der Waals surface area contributed by atoms with E-state index in [0.717, 1.165) is 11.3 Å². The molecule has 0 spiro atoms. The molecular formula is C12H21N3O2. The maximum absolute atomic E-state index is 11.6. The number of aliphatic hydroxyl groups excluding tert-OH is 1. The summed E-state index contributed by atoms with van der Waals surface area (Å²) in [4.78, 5) is 11.6. The van der Waals surface area contributed by atoms with Crippen molar-refractivity contribution < 1.29 is 9.90 Å². The molecule has 0 radical (unpaired) electrons. The normalized spacial score (nSPS) is 14.4. The summed E-state index contributed by atoms with van der Waals surface area (Å²) in [7, 11) is 1.88. The predicted octanol–water partition coefficient (Wildman–Crippen LogP) is 1.07. The lowest BCUT2D eigenvalue weighted by Gasteiger charge is -2.14. The van der Waals surface area contributed by atoms with Crippen LogP contribution in [-0.4, -0.2) is 26.9 Å². The summed E-state index contributed by atoms with van der Waals surface area (Å²) in [5.41, 5.74) is 2.08. The second kappa shape index (κ2) is 5.82. The lowest BCUT2D eigenvalue weighted by atomic mass is 10.1.